The number of carbonyl (C=O) groups is 1. The number of hydrogen-bond donors (Lipinski definition) is 0. The highest BCUT2D eigenvalue weighted by Crippen LogP contribution is 2.34. The maximum Gasteiger partial charge on any atom is 0.472 e. The Labute approximate surface area is 202 Å². The van der Waals surface area contributed by atoms with Gasteiger partial charge in [-0.2, -0.15) is 31.4 Å². The smallest absolute Gasteiger partial charge is 0.263 e. The first-order valence-electron chi connectivity index (χ1n) is 10.7. The van der Waals surface area contributed by atoms with Gasteiger partial charge in [0.05, 0.1) is 23.1 Å². The lowest BCUT2D eigenvalue weighted by Crippen LogP contribution is -2.38. The summed E-state index contributed by atoms with van der Waals surface area (Å²) < 4.78 is 80.8. The minimum absolute atomic E-state index is 0.0492. The molecule has 0 bridgehead atoms. The van der Waals surface area contributed by atoms with Gasteiger partial charge in [-0.25, -0.2) is 9.50 Å². The highest BCUT2D eigenvalue weighted by atomic mass is 19.4. The Morgan fingerprint density at radius 3 is 2.11 bits per heavy atom. The Morgan fingerprint density at radius 1 is 0.861 bits per heavy atom. The number of anilines is 2. The molecule has 0 saturated heterocycles. The van der Waals surface area contributed by atoms with Crippen molar-refractivity contribution >= 4 is 23.1 Å². The molecule has 5 nitrogen and oxygen atoms in total. The molecule has 0 N–H and O–H groups in total. The van der Waals surface area contributed by atoms with Gasteiger partial charge in [0, 0.05) is 5.56 Å². The van der Waals surface area contributed by atoms with Crippen molar-refractivity contribution in [1.29, 1.82) is 0 Å². The van der Waals surface area contributed by atoms with Gasteiger partial charge in [0.2, 0.25) is 0 Å². The molecule has 0 spiro atoms. The highest BCUT2D eigenvalue weighted by molar-refractivity contribution is 6.03. The minimum atomic E-state index is -5.19. The first kappa shape index (κ1) is 25.2. The molecule has 0 aliphatic carbocycles. The molecule has 0 unspecified atom stereocenters. The molecule has 0 aliphatic rings. The summed E-state index contributed by atoms with van der Waals surface area (Å²) in [6.07, 6.45) is -8.62. The number of carbonyl (C=O) groups excluding carboxylic acids is 1. The molecule has 1 amide bonds. The van der Waals surface area contributed by atoms with Gasteiger partial charge in [0.25, 0.3) is 0 Å². The van der Waals surface area contributed by atoms with Crippen molar-refractivity contribution in [2.45, 2.75) is 38.5 Å². The van der Waals surface area contributed by atoms with Gasteiger partial charge < -0.3 is 0 Å². The van der Waals surface area contributed by atoms with Crippen LogP contribution >= 0.6 is 0 Å². The number of alkyl halides is 6. The summed E-state index contributed by atoms with van der Waals surface area (Å²) in [5, 5.41) is 4.20. The summed E-state index contributed by atoms with van der Waals surface area (Å²) >= 11 is 0. The van der Waals surface area contributed by atoms with E-state index in [1.165, 1.54) is 36.4 Å². The topological polar surface area (TPSA) is 50.5 Å². The zero-order valence-electron chi connectivity index (χ0n) is 19.3. The molecule has 4 rings (SSSR count). The summed E-state index contributed by atoms with van der Waals surface area (Å²) in [5.74, 6) is -2.48. The summed E-state index contributed by atoms with van der Waals surface area (Å²) in [6, 6.07) is 13.3. The van der Waals surface area contributed by atoms with Crippen LogP contribution in [0.3, 0.4) is 0 Å². The molecular weight excluding hydrogens is 486 g/mol. The minimum Gasteiger partial charge on any atom is -0.263 e. The predicted octanol–water partition coefficient (Wildman–Crippen LogP) is 6.94. The van der Waals surface area contributed by atoms with E-state index in [0.29, 0.717) is 4.90 Å². The second-order valence-corrected chi connectivity index (χ2v) is 9.13. The largest absolute Gasteiger partial charge is 0.472 e. The number of fused-ring (bicyclic) bond motifs is 1. The first-order valence-corrected chi connectivity index (χ1v) is 10.7. The average Bonchev–Trinajstić information content (AvgIpc) is 3.20. The predicted molar refractivity (Wildman–Crippen MR) is 122 cm³/mol. The van der Waals surface area contributed by atoms with E-state index in [0.717, 1.165) is 28.4 Å². The van der Waals surface area contributed by atoms with Crippen LogP contribution in [0.1, 0.15) is 31.9 Å². The molecular formula is C25H20F6N4O. The van der Waals surface area contributed by atoms with Gasteiger partial charge in [-0.3, -0.25) is 9.69 Å². The number of rotatable bonds is 3. The summed E-state index contributed by atoms with van der Waals surface area (Å²) in [4.78, 5) is 16.9. The molecule has 4 aromatic rings. The van der Waals surface area contributed by atoms with Crippen LogP contribution in [0.5, 0.6) is 0 Å². The van der Waals surface area contributed by atoms with Crippen molar-refractivity contribution in [3.63, 3.8) is 0 Å². The van der Waals surface area contributed by atoms with E-state index in [4.69, 9.17) is 0 Å². The lowest BCUT2D eigenvalue weighted by Gasteiger charge is -2.24. The zero-order chi connectivity index (χ0) is 26.5. The van der Waals surface area contributed by atoms with Gasteiger partial charge in [0.15, 0.2) is 11.5 Å². The fourth-order valence-corrected chi connectivity index (χ4v) is 3.58. The molecule has 0 fully saturated rings. The van der Waals surface area contributed by atoms with E-state index >= 15 is 0 Å². The summed E-state index contributed by atoms with van der Waals surface area (Å²) in [5.41, 5.74) is 0.0778. The third-order valence-corrected chi connectivity index (χ3v) is 5.46. The number of nitrogens with zero attached hydrogens (tertiary/aromatic N) is 4. The quantitative estimate of drug-likeness (QED) is 0.283. The van der Waals surface area contributed by atoms with Crippen molar-refractivity contribution in [2.24, 2.45) is 0 Å². The van der Waals surface area contributed by atoms with Crippen molar-refractivity contribution in [2.75, 3.05) is 4.90 Å². The second-order valence-electron chi connectivity index (χ2n) is 9.13. The van der Waals surface area contributed by atoms with Crippen LogP contribution in [-0.4, -0.2) is 26.7 Å². The van der Waals surface area contributed by atoms with Gasteiger partial charge in [0.1, 0.15) is 0 Å². The standard InChI is InChI=1S/C25H20F6N4O/c1-23(2,3)16-7-9-18(10-8-16)35(22(36)25(29,30)31)21-14-34-20(32-21)12-11-19(33-34)15-5-4-6-17(13-15)24(26,27)28/h4-14H,1-3H3. The SMILES string of the molecule is CC(C)(C)c1ccc(N(C(=O)C(F)(F)F)c2cn3nc(-c4cccc(C(F)(F)F)c4)ccc3n2)cc1. The molecule has 0 radical (unpaired) electrons. The number of benzene rings is 2. The van der Waals surface area contributed by atoms with Crippen molar-refractivity contribution in [1.82, 2.24) is 14.6 Å². The average molecular weight is 506 g/mol. The maximum absolute atomic E-state index is 13.5. The number of aromatic nitrogens is 3. The molecule has 0 aliphatic heterocycles. The van der Waals surface area contributed by atoms with E-state index in [1.807, 2.05) is 20.8 Å². The van der Waals surface area contributed by atoms with Crippen LogP contribution < -0.4 is 4.90 Å². The second kappa shape index (κ2) is 8.65. The third kappa shape index (κ3) is 5.05. The molecule has 36 heavy (non-hydrogen) atoms. The molecule has 0 atom stereocenters. The third-order valence-electron chi connectivity index (χ3n) is 5.46. The van der Waals surface area contributed by atoms with E-state index in [2.05, 4.69) is 10.1 Å². The molecule has 2 aromatic heterocycles. The number of hydrogen-bond acceptors (Lipinski definition) is 3. The number of halogens is 6. The number of imidazole rings is 1. The highest BCUT2D eigenvalue weighted by Gasteiger charge is 2.44. The van der Waals surface area contributed by atoms with Crippen molar-refractivity contribution in [3.05, 3.63) is 78.0 Å². The normalized spacial score (nSPS) is 12.7. The van der Waals surface area contributed by atoms with Crippen molar-refractivity contribution in [3.8, 4) is 11.3 Å². The maximum atomic E-state index is 13.5. The Hall–Kier alpha value is -3.89. The monoisotopic (exact) mass is 506 g/mol. The lowest BCUT2D eigenvalue weighted by atomic mass is 9.87. The summed E-state index contributed by atoms with van der Waals surface area (Å²) in [7, 11) is 0. The van der Waals surface area contributed by atoms with Crippen molar-refractivity contribution < 1.29 is 31.1 Å². The zero-order valence-corrected chi connectivity index (χ0v) is 19.3. The molecule has 2 heterocycles. The summed E-state index contributed by atoms with van der Waals surface area (Å²) in [6.45, 7) is 5.82. The Balaban J connectivity index is 1.78. The van der Waals surface area contributed by atoms with Gasteiger partial charge in [-0.05, 0) is 47.4 Å². The Bertz CT molecular complexity index is 1420. The van der Waals surface area contributed by atoms with Crippen LogP contribution in [0.2, 0.25) is 0 Å². The van der Waals surface area contributed by atoms with Crippen LogP contribution in [0.15, 0.2) is 66.9 Å². The van der Waals surface area contributed by atoms with Crippen LogP contribution in [0.25, 0.3) is 16.9 Å². The van der Waals surface area contributed by atoms with E-state index in [1.54, 1.807) is 12.1 Å². The molecule has 11 heteroatoms. The van der Waals surface area contributed by atoms with E-state index in [-0.39, 0.29) is 33.8 Å². The van der Waals surface area contributed by atoms with Gasteiger partial charge in [-0.1, -0.05) is 45.0 Å². The Morgan fingerprint density at radius 2 is 1.53 bits per heavy atom. The van der Waals surface area contributed by atoms with Crippen LogP contribution in [0, 0.1) is 0 Å². The molecule has 2 aromatic carbocycles. The molecule has 0 saturated carbocycles. The van der Waals surface area contributed by atoms with Gasteiger partial charge in [-0.15, -0.1) is 0 Å². The lowest BCUT2D eigenvalue weighted by molar-refractivity contribution is -0.169. The van der Waals surface area contributed by atoms with Crippen LogP contribution in [0.4, 0.5) is 37.8 Å². The van der Waals surface area contributed by atoms with Crippen LogP contribution in [-0.2, 0) is 16.4 Å². The van der Waals surface area contributed by atoms with E-state index in [9.17, 15) is 31.1 Å². The Kier molecular flexibility index (Phi) is 6.06. The number of amides is 1. The fourth-order valence-electron chi connectivity index (χ4n) is 3.58. The van der Waals surface area contributed by atoms with Gasteiger partial charge >= 0.3 is 18.3 Å². The van der Waals surface area contributed by atoms with E-state index < -0.39 is 23.8 Å². The fraction of sp³-hybridized carbons (Fsp3) is 0.240. The molecule has 188 valence electrons. The first-order chi connectivity index (χ1) is 16.6.